The van der Waals surface area contributed by atoms with Crippen LogP contribution in [-0.4, -0.2) is 212 Å². The molecule has 0 saturated heterocycles. The summed E-state index contributed by atoms with van der Waals surface area (Å²) in [5, 5.41) is 67.1. The topological polar surface area (TPSA) is 405 Å². The van der Waals surface area contributed by atoms with Crippen LogP contribution in [0.4, 0.5) is 26.3 Å². The van der Waals surface area contributed by atoms with Crippen molar-refractivity contribution < 1.29 is 157 Å². The Morgan fingerprint density at radius 3 is 0.803 bits per heavy atom. The fourth-order valence-electron chi connectivity index (χ4n) is 8.32. The lowest BCUT2D eigenvalue weighted by Crippen LogP contribution is -2.63. The number of halogens is 6. The highest BCUT2D eigenvalue weighted by Crippen LogP contribution is 2.44. The third-order valence-corrected chi connectivity index (χ3v) is 19.5. The second kappa shape index (κ2) is 47.4. The van der Waals surface area contributed by atoms with Crippen LogP contribution >= 0.6 is 0 Å². The predicted octanol–water partition coefficient (Wildman–Crippen LogP) is 14.1. The Hall–Kier alpha value is -6.00. The minimum atomic E-state index is -6.32. The van der Waals surface area contributed by atoms with Crippen molar-refractivity contribution in [2.75, 3.05) is 52.9 Å². The SMILES string of the molecule is CCC(C)(C)C(=O)OC(C(C)C)C(C)(C)O.CCC(C)(C)C(=O)OC(C1CCCC1)C(C)(C)O.CCC(C)(C)C(=O)OCC(C)(C)COC(=O)C(C)(C)O.CCC(C)(C)C(=O)OCC(C)(C)O.CCC(C)(C)C(=O)OCC(C)(COC(=O)C(C)(C)O)COC(=O)C(C)(C)O.CCC(C)(C)C(=O)OCCOC(=O)C(O)(C(F)(F)F)C(F)(F)F. The Labute approximate surface area is 692 Å². The molecule has 0 aromatic carbocycles. The minimum absolute atomic E-state index is 0.0509. The normalized spacial score (nSPS) is 14.5. The van der Waals surface area contributed by atoms with Crippen LogP contribution in [0.15, 0.2) is 0 Å². The van der Waals surface area contributed by atoms with Gasteiger partial charge in [0.25, 0.3) is 0 Å². The van der Waals surface area contributed by atoms with Gasteiger partial charge in [0.15, 0.2) is 16.8 Å². The summed E-state index contributed by atoms with van der Waals surface area (Å²) < 4.78 is 124. The average Bonchev–Trinajstić information content (AvgIpc) is 1.04. The van der Waals surface area contributed by atoms with E-state index in [2.05, 4.69) is 9.47 Å². The monoisotopic (exact) mass is 1710 g/mol. The molecular formula is C84H152F6O27. The molecule has 1 aliphatic rings. The van der Waals surface area contributed by atoms with Crippen LogP contribution in [0.3, 0.4) is 0 Å². The van der Waals surface area contributed by atoms with Crippen LogP contribution in [0, 0.1) is 55.2 Å². The van der Waals surface area contributed by atoms with Gasteiger partial charge in [-0.05, 0) is 236 Å². The van der Waals surface area contributed by atoms with Crippen molar-refractivity contribution in [3.05, 3.63) is 0 Å². The van der Waals surface area contributed by atoms with Crippen molar-refractivity contribution in [2.24, 2.45) is 55.2 Å². The number of carbonyl (C=O) groups excluding carboxylic acids is 10. The van der Waals surface area contributed by atoms with E-state index < -0.39 is 150 Å². The van der Waals surface area contributed by atoms with Crippen LogP contribution < -0.4 is 0 Å². The smallest absolute Gasteiger partial charge is 0.437 e. The largest absolute Gasteiger partial charge is 0.465 e. The van der Waals surface area contributed by atoms with E-state index in [1.54, 1.807) is 69.2 Å². The maximum atomic E-state index is 12.3. The minimum Gasteiger partial charge on any atom is -0.465 e. The lowest BCUT2D eigenvalue weighted by Gasteiger charge is -2.35. The summed E-state index contributed by atoms with van der Waals surface area (Å²) >= 11 is 0. The van der Waals surface area contributed by atoms with E-state index in [-0.39, 0.29) is 75.5 Å². The van der Waals surface area contributed by atoms with Crippen molar-refractivity contribution in [3.8, 4) is 0 Å². The first-order valence-electron chi connectivity index (χ1n) is 39.8. The molecule has 692 valence electrons. The zero-order valence-electron chi connectivity index (χ0n) is 77.1. The van der Waals surface area contributed by atoms with E-state index in [9.17, 15) is 105 Å². The fourth-order valence-corrected chi connectivity index (χ4v) is 8.32. The molecular weight excluding hydrogens is 1550 g/mol. The zero-order valence-corrected chi connectivity index (χ0v) is 77.1. The van der Waals surface area contributed by atoms with Crippen molar-refractivity contribution >= 4 is 59.7 Å². The van der Waals surface area contributed by atoms with Gasteiger partial charge in [0.2, 0.25) is 0 Å². The third-order valence-electron chi connectivity index (χ3n) is 19.5. The van der Waals surface area contributed by atoms with Gasteiger partial charge in [0.1, 0.15) is 51.8 Å². The lowest BCUT2D eigenvalue weighted by molar-refractivity contribution is -0.357. The molecule has 1 rings (SSSR count). The van der Waals surface area contributed by atoms with E-state index >= 15 is 0 Å². The number of esters is 10. The molecule has 2 unspecified atom stereocenters. The zero-order chi connectivity index (χ0) is 94.4. The van der Waals surface area contributed by atoms with E-state index in [1.165, 1.54) is 68.2 Å². The van der Waals surface area contributed by atoms with E-state index in [0.29, 0.717) is 25.2 Å². The van der Waals surface area contributed by atoms with Crippen molar-refractivity contribution in [1.29, 1.82) is 0 Å². The quantitative estimate of drug-likeness (QED) is 0.0131. The van der Waals surface area contributed by atoms with Crippen LogP contribution in [0.1, 0.15) is 307 Å². The molecule has 0 aliphatic heterocycles. The molecule has 0 heterocycles. The van der Waals surface area contributed by atoms with Crippen molar-refractivity contribution in [1.82, 2.24) is 0 Å². The molecule has 1 saturated carbocycles. The maximum Gasteiger partial charge on any atom is 0.437 e. The van der Waals surface area contributed by atoms with Gasteiger partial charge in [-0.25, -0.2) is 19.2 Å². The molecule has 2 atom stereocenters. The standard InChI is InChI=1S/C19H34O8.C15H28O5.C15H28O3.C13H26O3.C12H16F6O5.C10H20O3/c1-9-16(2,3)13(20)25-10-19(8,11-26-14(21)17(4,5)23)12-27-15(22)18(6,7)24;1-8-14(4,5)11(16)19-9-13(2,3)10-20-12(17)15(6,7)18;1-6-14(2,3)13(16)18-12(15(4,5)17)11-9-7-8-10-11;1-8-12(4,5)11(14)16-10(9(2)3)13(6,7)15;1-4-9(2,3)7(19)22-5-6-23-8(20)10(21,11(13,14)15)12(16,17)18;1-6-9(2,3)8(11)13-7-10(4,5)12/h23-24H,9-12H2,1-8H3;18H,8-10H2,1-7H3;11-12,17H,6-10H2,1-5H3;9-10,15H,8H2,1-7H3;21H,4-6H2,1-3H3;12H,6-7H2,1-5H3. The van der Waals surface area contributed by atoms with Gasteiger partial charge < -0.3 is 83.1 Å². The summed E-state index contributed by atoms with van der Waals surface area (Å²) in [5.41, 5.74) is -18.5. The third kappa shape index (κ3) is 45.5. The van der Waals surface area contributed by atoms with Gasteiger partial charge in [-0.3, -0.25) is 28.8 Å². The molecule has 27 nitrogen and oxygen atoms in total. The molecule has 0 aromatic rings. The summed E-state index contributed by atoms with van der Waals surface area (Å²) in [6.45, 7) is 57.5. The summed E-state index contributed by atoms with van der Waals surface area (Å²) in [5.74, 6) is -7.09. The van der Waals surface area contributed by atoms with Crippen LogP contribution in [-0.2, 0) is 95.3 Å². The highest BCUT2D eigenvalue weighted by molar-refractivity contribution is 5.82. The second-order valence-electron chi connectivity index (χ2n) is 38.6. The first-order valence-corrected chi connectivity index (χ1v) is 39.8. The predicted molar refractivity (Wildman–Crippen MR) is 425 cm³/mol. The van der Waals surface area contributed by atoms with Gasteiger partial charge in [-0.1, -0.05) is 82.1 Å². The number of carbonyl (C=O) groups is 10. The molecule has 1 fully saturated rings. The van der Waals surface area contributed by atoms with Crippen LogP contribution in [0.2, 0.25) is 0 Å². The summed E-state index contributed by atoms with van der Waals surface area (Å²) in [6.07, 6.45) is -5.19. The van der Waals surface area contributed by atoms with Gasteiger partial charge in [-0.2, -0.15) is 26.3 Å². The summed E-state index contributed by atoms with van der Waals surface area (Å²) in [7, 11) is 0. The number of alkyl halides is 6. The van der Waals surface area contributed by atoms with Gasteiger partial charge in [-0.15, -0.1) is 0 Å². The fraction of sp³-hybridized carbons (Fsp3) is 0.881. The molecule has 0 amide bonds. The van der Waals surface area contributed by atoms with Crippen LogP contribution in [0.25, 0.3) is 0 Å². The number of ether oxygens (including phenoxy) is 10. The molecule has 0 aromatic heterocycles. The summed E-state index contributed by atoms with van der Waals surface area (Å²) in [4.78, 5) is 117. The first-order chi connectivity index (χ1) is 51.8. The second-order valence-corrected chi connectivity index (χ2v) is 38.6. The Morgan fingerprint density at radius 1 is 0.316 bits per heavy atom. The molecule has 0 spiro atoms. The number of rotatable bonds is 37. The van der Waals surface area contributed by atoms with Crippen molar-refractivity contribution in [3.63, 3.8) is 0 Å². The first kappa shape index (κ1) is 120. The van der Waals surface area contributed by atoms with Gasteiger partial charge in [0.05, 0.1) is 67.9 Å². The molecule has 117 heavy (non-hydrogen) atoms. The Balaban J connectivity index is -0.000000435. The molecule has 33 heteroatoms. The Morgan fingerprint density at radius 2 is 0.556 bits per heavy atom. The maximum absolute atomic E-state index is 12.3. The Bertz CT molecular complexity index is 3020. The highest BCUT2D eigenvalue weighted by atomic mass is 19.4. The molecule has 0 radical (unpaired) electrons. The summed E-state index contributed by atoms with van der Waals surface area (Å²) in [6, 6.07) is 0. The number of hydrogen-bond donors (Lipinski definition) is 7. The number of aliphatic hydroxyl groups is 7. The van der Waals surface area contributed by atoms with Crippen LogP contribution in [0.5, 0.6) is 0 Å². The van der Waals surface area contributed by atoms with E-state index in [4.69, 9.17) is 43.0 Å². The molecule has 1 aliphatic carbocycles. The van der Waals surface area contributed by atoms with E-state index in [0.717, 1.165) is 32.1 Å². The van der Waals surface area contributed by atoms with E-state index in [1.807, 2.05) is 118 Å². The Kier molecular flexibility index (Phi) is 48.5. The lowest BCUT2D eigenvalue weighted by atomic mass is 9.86. The highest BCUT2D eigenvalue weighted by Gasteiger charge is 2.76. The van der Waals surface area contributed by atoms with Gasteiger partial charge >= 0.3 is 77.6 Å². The van der Waals surface area contributed by atoms with Crippen molar-refractivity contribution in [2.45, 2.75) is 370 Å². The molecule has 7 N–H and O–H groups in total. The van der Waals surface area contributed by atoms with Gasteiger partial charge in [0, 0.05) is 5.41 Å². The number of hydrogen-bond acceptors (Lipinski definition) is 27. The average molecular weight is 1710 g/mol. The molecule has 0 bridgehead atoms.